The van der Waals surface area contributed by atoms with Crippen LogP contribution in [0.1, 0.15) is 26.7 Å². The highest BCUT2D eigenvalue weighted by atomic mass is 16.6. The van der Waals surface area contributed by atoms with Gasteiger partial charge in [-0.15, -0.1) is 0 Å². The maximum atomic E-state index is 11.9. The van der Waals surface area contributed by atoms with Crippen LogP contribution in [0.25, 0.3) is 0 Å². The van der Waals surface area contributed by atoms with Crippen molar-refractivity contribution >= 4 is 23.0 Å². The minimum Gasteiger partial charge on any atom is -0.385 e. The molecule has 1 aliphatic rings. The molecule has 0 saturated heterocycles. The number of nitro groups is 1. The molecule has 1 saturated carbocycles. The van der Waals surface area contributed by atoms with Crippen molar-refractivity contribution in [2.75, 3.05) is 17.2 Å². The lowest BCUT2D eigenvalue weighted by Gasteiger charge is -2.16. The van der Waals surface area contributed by atoms with Crippen molar-refractivity contribution in [1.82, 2.24) is 5.32 Å². The van der Waals surface area contributed by atoms with E-state index in [-0.39, 0.29) is 11.6 Å². The van der Waals surface area contributed by atoms with Crippen LogP contribution in [0.2, 0.25) is 0 Å². The number of benzene rings is 1. The molecule has 0 heterocycles. The zero-order valence-corrected chi connectivity index (χ0v) is 12.2. The van der Waals surface area contributed by atoms with Crippen LogP contribution in [0.5, 0.6) is 0 Å². The summed E-state index contributed by atoms with van der Waals surface area (Å²) in [6.07, 6.45) is 2.06. The molecule has 0 spiro atoms. The molecule has 114 valence electrons. The fraction of sp³-hybridized carbons (Fsp3) is 0.500. The largest absolute Gasteiger partial charge is 0.385 e. The number of hydrogen-bond donors (Lipinski definition) is 3. The first kappa shape index (κ1) is 15.1. The number of nitro benzene ring substituents is 1. The number of carbonyl (C=O) groups excluding carboxylic acids is 1. The molecular weight excluding hydrogens is 272 g/mol. The van der Waals surface area contributed by atoms with Crippen LogP contribution in [-0.2, 0) is 4.79 Å². The zero-order valence-electron chi connectivity index (χ0n) is 12.2. The molecule has 0 aliphatic heterocycles. The lowest BCUT2D eigenvalue weighted by atomic mass is 10.2. The fourth-order valence-corrected chi connectivity index (χ4v) is 1.98. The predicted molar refractivity (Wildman–Crippen MR) is 81.5 cm³/mol. The third-order valence-electron chi connectivity index (χ3n) is 3.21. The van der Waals surface area contributed by atoms with E-state index < -0.39 is 11.0 Å². The average molecular weight is 292 g/mol. The van der Waals surface area contributed by atoms with Gasteiger partial charge in [-0.05, 0) is 32.8 Å². The number of nitrogens with one attached hydrogen (secondary N) is 3. The Morgan fingerprint density at radius 1 is 1.38 bits per heavy atom. The van der Waals surface area contributed by atoms with Gasteiger partial charge in [0.05, 0.1) is 4.92 Å². The highest BCUT2D eigenvalue weighted by Crippen LogP contribution is 2.25. The first-order valence-electron chi connectivity index (χ1n) is 7.10. The summed E-state index contributed by atoms with van der Waals surface area (Å²) in [5, 5.41) is 19.9. The fourth-order valence-electron chi connectivity index (χ4n) is 1.98. The van der Waals surface area contributed by atoms with Gasteiger partial charge in [-0.1, -0.05) is 0 Å². The van der Waals surface area contributed by atoms with Gasteiger partial charge >= 0.3 is 0 Å². The third-order valence-corrected chi connectivity index (χ3v) is 3.21. The second-order valence-electron chi connectivity index (χ2n) is 5.20. The van der Waals surface area contributed by atoms with E-state index in [0.29, 0.717) is 24.0 Å². The summed E-state index contributed by atoms with van der Waals surface area (Å²) in [5.41, 5.74) is 1.20. The van der Waals surface area contributed by atoms with Crippen molar-refractivity contribution in [3.63, 3.8) is 0 Å². The highest BCUT2D eigenvalue weighted by Gasteiger charge is 2.25. The van der Waals surface area contributed by atoms with Crippen LogP contribution in [-0.4, -0.2) is 29.5 Å². The molecule has 7 nitrogen and oxygen atoms in total. The molecule has 21 heavy (non-hydrogen) atoms. The van der Waals surface area contributed by atoms with Crippen LogP contribution < -0.4 is 16.0 Å². The van der Waals surface area contributed by atoms with Gasteiger partial charge in [0.15, 0.2) is 0 Å². The second kappa shape index (κ2) is 6.43. The predicted octanol–water partition coefficient (Wildman–Crippen LogP) is 2.11. The van der Waals surface area contributed by atoms with E-state index in [1.54, 1.807) is 13.0 Å². The lowest BCUT2D eigenvalue weighted by Crippen LogP contribution is -2.38. The molecule has 1 aliphatic carbocycles. The summed E-state index contributed by atoms with van der Waals surface area (Å²) in [7, 11) is 0. The van der Waals surface area contributed by atoms with E-state index in [4.69, 9.17) is 0 Å². The number of nitrogens with zero attached hydrogens (tertiary/aromatic N) is 1. The smallest absolute Gasteiger partial charge is 0.273 e. The van der Waals surface area contributed by atoms with Gasteiger partial charge in [-0.2, -0.15) is 0 Å². The summed E-state index contributed by atoms with van der Waals surface area (Å²) in [6, 6.07) is 4.52. The summed E-state index contributed by atoms with van der Waals surface area (Å²) in [4.78, 5) is 22.4. The molecule has 7 heteroatoms. The molecule has 1 unspecified atom stereocenters. The number of anilines is 2. The summed E-state index contributed by atoms with van der Waals surface area (Å²) >= 11 is 0. The summed E-state index contributed by atoms with van der Waals surface area (Å²) < 4.78 is 0. The molecular formula is C14H20N4O3. The van der Waals surface area contributed by atoms with Crippen LogP contribution in [0.4, 0.5) is 17.1 Å². The molecule has 2 rings (SSSR count). The maximum Gasteiger partial charge on any atom is 0.273 e. The Morgan fingerprint density at radius 2 is 2.05 bits per heavy atom. The van der Waals surface area contributed by atoms with Crippen LogP contribution in [0.15, 0.2) is 18.2 Å². The molecule has 1 aromatic rings. The van der Waals surface area contributed by atoms with Gasteiger partial charge in [0.2, 0.25) is 5.91 Å². The van der Waals surface area contributed by atoms with E-state index >= 15 is 0 Å². The minimum absolute atomic E-state index is 0.00856. The van der Waals surface area contributed by atoms with Gasteiger partial charge < -0.3 is 16.0 Å². The second-order valence-corrected chi connectivity index (χ2v) is 5.20. The molecule has 1 amide bonds. The summed E-state index contributed by atoms with van der Waals surface area (Å²) in [5.74, 6) is -0.0889. The quantitative estimate of drug-likeness (QED) is 0.528. The van der Waals surface area contributed by atoms with Crippen LogP contribution in [0, 0.1) is 10.1 Å². The number of hydrogen-bond acceptors (Lipinski definition) is 5. The normalized spacial score (nSPS) is 15.1. The van der Waals surface area contributed by atoms with Crippen molar-refractivity contribution < 1.29 is 9.72 Å². The average Bonchev–Trinajstić information content (AvgIpc) is 3.22. The van der Waals surface area contributed by atoms with Crippen LogP contribution in [0.3, 0.4) is 0 Å². The Balaban J connectivity index is 2.09. The first-order valence-corrected chi connectivity index (χ1v) is 7.10. The molecule has 0 bridgehead atoms. The Hall–Kier alpha value is -2.31. The Bertz CT molecular complexity index is 543. The van der Waals surface area contributed by atoms with Gasteiger partial charge in [0, 0.05) is 36.1 Å². The number of non-ortho nitro benzene ring substituents is 1. The van der Waals surface area contributed by atoms with Crippen molar-refractivity contribution in [1.29, 1.82) is 0 Å². The van der Waals surface area contributed by atoms with E-state index in [1.807, 2.05) is 6.92 Å². The van der Waals surface area contributed by atoms with E-state index in [9.17, 15) is 14.9 Å². The molecule has 1 atom stereocenters. The highest BCUT2D eigenvalue weighted by molar-refractivity contribution is 5.85. The van der Waals surface area contributed by atoms with Crippen molar-refractivity contribution in [3.05, 3.63) is 28.3 Å². The van der Waals surface area contributed by atoms with Crippen molar-refractivity contribution in [3.8, 4) is 0 Å². The van der Waals surface area contributed by atoms with Gasteiger partial charge in [-0.25, -0.2) is 0 Å². The van der Waals surface area contributed by atoms with Gasteiger partial charge in [0.25, 0.3) is 5.69 Å². The maximum absolute atomic E-state index is 11.9. The Labute approximate surface area is 123 Å². The molecule has 1 aromatic carbocycles. The van der Waals surface area contributed by atoms with Gasteiger partial charge in [-0.3, -0.25) is 14.9 Å². The zero-order chi connectivity index (χ0) is 15.4. The summed E-state index contributed by atoms with van der Waals surface area (Å²) in [6.45, 7) is 4.32. The Kier molecular flexibility index (Phi) is 4.62. The standard InChI is InChI=1S/C14H20N4O3/c1-3-15-11-6-12(8-13(7-11)18(20)21)16-9(2)14(19)17-10-4-5-10/h6-10,15-16H,3-5H2,1-2H3,(H,17,19). The minimum atomic E-state index is -0.443. The number of amides is 1. The van der Waals surface area contributed by atoms with Gasteiger partial charge in [0.1, 0.15) is 6.04 Å². The van der Waals surface area contributed by atoms with E-state index in [0.717, 1.165) is 12.8 Å². The molecule has 0 radical (unpaired) electrons. The molecule has 0 aromatic heterocycles. The Morgan fingerprint density at radius 3 is 2.62 bits per heavy atom. The number of rotatable bonds is 7. The molecule has 1 fully saturated rings. The first-order chi connectivity index (χ1) is 9.99. The van der Waals surface area contributed by atoms with E-state index in [1.165, 1.54) is 12.1 Å². The third kappa shape index (κ3) is 4.34. The number of carbonyl (C=O) groups is 1. The molecule has 3 N–H and O–H groups in total. The van der Waals surface area contributed by atoms with Crippen molar-refractivity contribution in [2.45, 2.75) is 38.8 Å². The van der Waals surface area contributed by atoms with Crippen molar-refractivity contribution in [2.24, 2.45) is 0 Å². The van der Waals surface area contributed by atoms with Crippen LogP contribution >= 0.6 is 0 Å². The lowest BCUT2D eigenvalue weighted by molar-refractivity contribution is -0.384. The topological polar surface area (TPSA) is 96.3 Å². The SMILES string of the molecule is CCNc1cc(NC(C)C(=O)NC2CC2)cc([N+](=O)[O-])c1. The monoisotopic (exact) mass is 292 g/mol. The van der Waals surface area contributed by atoms with E-state index in [2.05, 4.69) is 16.0 Å².